The summed E-state index contributed by atoms with van der Waals surface area (Å²) >= 11 is 5.66. The molecule has 0 radical (unpaired) electrons. The van der Waals surface area contributed by atoms with Crippen LogP contribution >= 0.6 is 11.6 Å². The predicted molar refractivity (Wildman–Crippen MR) is 80.9 cm³/mol. The topological polar surface area (TPSA) is 21.3 Å². The fourth-order valence-electron chi connectivity index (χ4n) is 2.51. The molecule has 19 heavy (non-hydrogen) atoms. The first-order valence-corrected chi connectivity index (χ1v) is 7.43. The van der Waals surface area contributed by atoms with Crippen molar-refractivity contribution in [3.05, 3.63) is 40.4 Å². The Kier molecular flexibility index (Phi) is 5.29. The van der Waals surface area contributed by atoms with Crippen LogP contribution < -0.4 is 10.1 Å². The Labute approximate surface area is 120 Å². The lowest BCUT2D eigenvalue weighted by molar-refractivity contribution is 0.349. The van der Waals surface area contributed by atoms with Crippen LogP contribution in [0.15, 0.2) is 29.3 Å². The molecule has 2 nitrogen and oxygen atoms in total. The monoisotopic (exact) mass is 279 g/mol. The molecule has 1 N–H and O–H groups in total. The Bertz CT molecular complexity index is 456. The van der Waals surface area contributed by atoms with Gasteiger partial charge in [-0.1, -0.05) is 30.7 Å². The van der Waals surface area contributed by atoms with Gasteiger partial charge < -0.3 is 10.1 Å². The highest BCUT2D eigenvalue weighted by Gasteiger charge is 2.24. The Hall–Kier alpha value is -0.990. The van der Waals surface area contributed by atoms with Gasteiger partial charge in [0.2, 0.25) is 0 Å². The van der Waals surface area contributed by atoms with Crippen LogP contribution in [0.1, 0.15) is 43.9 Å². The third-order valence-corrected chi connectivity index (χ3v) is 3.88. The predicted octanol–water partition coefficient (Wildman–Crippen LogP) is 4.19. The highest BCUT2D eigenvalue weighted by Crippen LogP contribution is 2.37. The van der Waals surface area contributed by atoms with Gasteiger partial charge in [-0.25, -0.2) is 0 Å². The van der Waals surface area contributed by atoms with E-state index >= 15 is 0 Å². The first-order valence-electron chi connectivity index (χ1n) is 7.00. The number of rotatable bonds is 6. The van der Waals surface area contributed by atoms with Crippen molar-refractivity contribution < 1.29 is 4.74 Å². The largest absolute Gasteiger partial charge is 0.489 e. The molecular weight excluding hydrogens is 258 g/mol. The molecule has 104 valence electrons. The van der Waals surface area contributed by atoms with Gasteiger partial charge in [-0.3, -0.25) is 0 Å². The summed E-state index contributed by atoms with van der Waals surface area (Å²) in [6, 6.07) is 6.85. The molecule has 1 aliphatic carbocycles. The summed E-state index contributed by atoms with van der Waals surface area (Å²) < 4.78 is 5.87. The van der Waals surface area contributed by atoms with Gasteiger partial charge in [0.25, 0.3) is 0 Å². The van der Waals surface area contributed by atoms with Gasteiger partial charge in [-0.05, 0) is 55.5 Å². The van der Waals surface area contributed by atoms with Crippen LogP contribution in [0.2, 0.25) is 0 Å². The normalized spacial score (nSPS) is 18.5. The third-order valence-electron chi connectivity index (χ3n) is 3.51. The molecule has 0 spiro atoms. The van der Waals surface area contributed by atoms with Crippen molar-refractivity contribution >= 4 is 11.6 Å². The van der Waals surface area contributed by atoms with Gasteiger partial charge in [-0.2, -0.15) is 0 Å². The van der Waals surface area contributed by atoms with E-state index in [1.165, 1.54) is 24.0 Å². The van der Waals surface area contributed by atoms with Crippen molar-refractivity contribution in [2.45, 2.75) is 39.2 Å². The molecule has 0 heterocycles. The van der Waals surface area contributed by atoms with E-state index in [9.17, 15) is 0 Å². The van der Waals surface area contributed by atoms with Crippen LogP contribution in [0.3, 0.4) is 0 Å². The van der Waals surface area contributed by atoms with E-state index in [4.69, 9.17) is 16.3 Å². The summed E-state index contributed by atoms with van der Waals surface area (Å²) in [7, 11) is 0. The summed E-state index contributed by atoms with van der Waals surface area (Å²) in [5.74, 6) is 1.01. The van der Waals surface area contributed by atoms with Crippen LogP contribution in [-0.2, 0) is 6.42 Å². The van der Waals surface area contributed by atoms with Crippen LogP contribution in [0.25, 0.3) is 0 Å². The Morgan fingerprint density at radius 1 is 1.53 bits per heavy atom. The third kappa shape index (κ3) is 3.52. The molecule has 0 aromatic heterocycles. The molecule has 1 aliphatic rings. The number of fused-ring (bicyclic) bond motifs is 1. The summed E-state index contributed by atoms with van der Waals surface area (Å²) in [6.45, 7) is 5.81. The van der Waals surface area contributed by atoms with Crippen molar-refractivity contribution in [3.63, 3.8) is 0 Å². The maximum Gasteiger partial charge on any atom is 0.123 e. The van der Waals surface area contributed by atoms with Crippen LogP contribution in [-0.4, -0.2) is 13.2 Å². The minimum absolute atomic E-state index is 0.489. The molecule has 2 rings (SSSR count). The lowest BCUT2D eigenvalue weighted by atomic mass is 10.1. The van der Waals surface area contributed by atoms with Gasteiger partial charge >= 0.3 is 0 Å². The van der Waals surface area contributed by atoms with Gasteiger partial charge in [-0.15, -0.1) is 0 Å². The van der Waals surface area contributed by atoms with Crippen molar-refractivity contribution in [2.24, 2.45) is 0 Å². The number of hydrogen-bond donors (Lipinski definition) is 1. The maximum absolute atomic E-state index is 5.87. The summed E-state index contributed by atoms with van der Waals surface area (Å²) in [5, 5.41) is 3.60. The molecule has 0 amide bonds. The van der Waals surface area contributed by atoms with E-state index in [0.717, 1.165) is 24.3 Å². The molecule has 0 aliphatic heterocycles. The van der Waals surface area contributed by atoms with Crippen molar-refractivity contribution in [2.75, 3.05) is 13.2 Å². The standard InChI is InChI=1S/C16H22ClNO/c1-3-9-18-15-8-7-14-13(15)5-4-6-16(14)19-11-12(2)10-17/h4-6,10,15,18H,3,7-9,11H2,1-2H3/b12-10+. The summed E-state index contributed by atoms with van der Waals surface area (Å²) in [5.41, 5.74) is 5.38. The van der Waals surface area contributed by atoms with E-state index in [2.05, 4.69) is 30.4 Å². The maximum atomic E-state index is 5.87. The van der Waals surface area contributed by atoms with Gasteiger partial charge in [0.1, 0.15) is 12.4 Å². The number of hydrogen-bond acceptors (Lipinski definition) is 2. The van der Waals surface area contributed by atoms with Crippen LogP contribution in [0.4, 0.5) is 0 Å². The summed E-state index contributed by atoms with van der Waals surface area (Å²) in [4.78, 5) is 0. The summed E-state index contributed by atoms with van der Waals surface area (Å²) in [6.07, 6.45) is 3.43. The molecule has 1 aromatic rings. The molecule has 1 aromatic carbocycles. The van der Waals surface area contributed by atoms with Crippen LogP contribution in [0, 0.1) is 0 Å². The average Bonchev–Trinajstić information content (AvgIpc) is 2.86. The molecule has 3 heteroatoms. The zero-order valence-corrected chi connectivity index (χ0v) is 12.5. The van der Waals surface area contributed by atoms with E-state index in [0.29, 0.717) is 12.6 Å². The SMILES string of the molecule is CCCNC1CCc2c(OC/C(C)=C/Cl)cccc21. The molecule has 0 bridgehead atoms. The average molecular weight is 280 g/mol. The minimum Gasteiger partial charge on any atom is -0.489 e. The molecule has 1 unspecified atom stereocenters. The molecular formula is C16H22ClNO. The highest BCUT2D eigenvalue weighted by molar-refractivity contribution is 6.25. The number of nitrogens with one attached hydrogen (secondary N) is 1. The molecule has 0 saturated carbocycles. The van der Waals surface area contributed by atoms with E-state index < -0.39 is 0 Å². The lowest BCUT2D eigenvalue weighted by Gasteiger charge is -2.15. The van der Waals surface area contributed by atoms with Gasteiger partial charge in [0, 0.05) is 11.6 Å². The van der Waals surface area contributed by atoms with Gasteiger partial charge in [0.15, 0.2) is 0 Å². The Balaban J connectivity index is 2.09. The van der Waals surface area contributed by atoms with Crippen molar-refractivity contribution in [1.82, 2.24) is 5.32 Å². The fraction of sp³-hybridized carbons (Fsp3) is 0.500. The molecule has 0 saturated heterocycles. The first kappa shape index (κ1) is 14.4. The Morgan fingerprint density at radius 3 is 3.11 bits per heavy atom. The van der Waals surface area contributed by atoms with Crippen LogP contribution in [0.5, 0.6) is 5.75 Å². The minimum atomic E-state index is 0.489. The Morgan fingerprint density at radius 2 is 2.37 bits per heavy atom. The number of ether oxygens (including phenoxy) is 1. The second-order valence-electron chi connectivity index (χ2n) is 5.11. The van der Waals surface area contributed by atoms with Gasteiger partial charge in [0.05, 0.1) is 0 Å². The zero-order valence-electron chi connectivity index (χ0n) is 11.7. The highest BCUT2D eigenvalue weighted by atomic mass is 35.5. The van der Waals surface area contributed by atoms with Crippen molar-refractivity contribution in [1.29, 1.82) is 0 Å². The van der Waals surface area contributed by atoms with E-state index in [-0.39, 0.29) is 0 Å². The quantitative estimate of drug-likeness (QED) is 0.843. The fourth-order valence-corrected chi connectivity index (χ4v) is 2.57. The second kappa shape index (κ2) is 6.97. The second-order valence-corrected chi connectivity index (χ2v) is 5.33. The van der Waals surface area contributed by atoms with Crippen molar-refractivity contribution in [3.8, 4) is 5.75 Å². The smallest absolute Gasteiger partial charge is 0.123 e. The molecule has 1 atom stereocenters. The lowest BCUT2D eigenvalue weighted by Crippen LogP contribution is -2.19. The number of halogens is 1. The van der Waals surface area contributed by atoms with E-state index in [1.807, 2.05) is 6.92 Å². The number of benzene rings is 1. The van der Waals surface area contributed by atoms with E-state index in [1.54, 1.807) is 5.54 Å². The molecule has 0 fully saturated rings. The first-order chi connectivity index (χ1) is 9.26. The zero-order chi connectivity index (χ0) is 13.7.